The van der Waals surface area contributed by atoms with Gasteiger partial charge in [0, 0.05) is 50.9 Å². The summed E-state index contributed by atoms with van der Waals surface area (Å²) in [6.07, 6.45) is 7.79. The molecule has 1 aromatic rings. The molecule has 0 aromatic heterocycles. The molecule has 2 heterocycles. The molecule has 2 aliphatic heterocycles. The third-order valence-electron chi connectivity index (χ3n) is 4.83. The minimum Gasteiger partial charge on any atom is -0.496 e. The zero-order valence-corrected chi connectivity index (χ0v) is 14.6. The van der Waals surface area contributed by atoms with E-state index in [2.05, 4.69) is 21.5 Å². The highest BCUT2D eigenvalue weighted by Crippen LogP contribution is 2.38. The number of terminal acetylenes is 1. The number of piperazine rings is 1. The predicted molar refractivity (Wildman–Crippen MR) is 95.2 cm³/mol. The van der Waals surface area contributed by atoms with Crippen molar-refractivity contribution in [3.8, 4) is 18.1 Å². The van der Waals surface area contributed by atoms with Crippen LogP contribution < -0.4 is 10.1 Å². The standard InChI is InChI=1S/C19H24N4O2/c1-3-4-10-19(21-22-19)11-9-18(24)23-13-12-20-16(14-23)15-7-5-6-8-17(15)25-2/h1,5-8,16,20H,4,9-14H2,2H3. The number of ether oxygens (including phenoxy) is 1. The van der Waals surface area contributed by atoms with Crippen molar-refractivity contribution in [2.75, 3.05) is 26.7 Å². The van der Waals surface area contributed by atoms with Crippen LogP contribution in [0.5, 0.6) is 5.75 Å². The Kier molecular flexibility index (Phi) is 5.34. The predicted octanol–water partition coefficient (Wildman–Crippen LogP) is 2.52. The first-order valence-corrected chi connectivity index (χ1v) is 8.69. The molecular formula is C19H24N4O2. The summed E-state index contributed by atoms with van der Waals surface area (Å²) in [7, 11) is 1.67. The Labute approximate surface area is 148 Å². The first-order valence-electron chi connectivity index (χ1n) is 8.69. The highest BCUT2D eigenvalue weighted by Gasteiger charge is 2.40. The molecular weight excluding hydrogens is 316 g/mol. The van der Waals surface area contributed by atoms with Crippen LogP contribution in [0.1, 0.15) is 37.3 Å². The van der Waals surface area contributed by atoms with Gasteiger partial charge in [-0.3, -0.25) is 4.79 Å². The van der Waals surface area contributed by atoms with Crippen molar-refractivity contribution in [3.63, 3.8) is 0 Å². The largest absolute Gasteiger partial charge is 0.496 e. The lowest BCUT2D eigenvalue weighted by Crippen LogP contribution is -2.48. The number of hydrogen-bond donors (Lipinski definition) is 1. The fraction of sp³-hybridized carbons (Fsp3) is 0.526. The minimum absolute atomic E-state index is 0.0829. The second-order valence-electron chi connectivity index (χ2n) is 6.47. The lowest BCUT2D eigenvalue weighted by molar-refractivity contribution is -0.132. The summed E-state index contributed by atoms with van der Waals surface area (Å²) in [4.78, 5) is 14.5. The van der Waals surface area contributed by atoms with Gasteiger partial charge in [0.05, 0.1) is 13.2 Å². The van der Waals surface area contributed by atoms with Crippen molar-refractivity contribution in [2.24, 2.45) is 10.2 Å². The second kappa shape index (κ2) is 7.66. The number of nitrogens with zero attached hydrogens (tertiary/aromatic N) is 3. The maximum atomic E-state index is 12.6. The number of carbonyl (C=O) groups excluding carboxylic acids is 1. The van der Waals surface area contributed by atoms with E-state index in [9.17, 15) is 4.79 Å². The van der Waals surface area contributed by atoms with Crippen LogP contribution in [0.25, 0.3) is 0 Å². The molecule has 1 aromatic carbocycles. The summed E-state index contributed by atoms with van der Waals surface area (Å²) in [6.45, 7) is 2.13. The molecule has 0 spiro atoms. The zero-order valence-electron chi connectivity index (χ0n) is 14.6. The summed E-state index contributed by atoms with van der Waals surface area (Å²) in [5.74, 6) is 3.61. The first kappa shape index (κ1) is 17.4. The molecule has 3 rings (SSSR count). The van der Waals surface area contributed by atoms with Gasteiger partial charge in [-0.2, -0.15) is 10.2 Å². The van der Waals surface area contributed by atoms with Crippen LogP contribution in [0.15, 0.2) is 34.5 Å². The summed E-state index contributed by atoms with van der Waals surface area (Å²) in [5, 5.41) is 11.7. The molecule has 0 saturated carbocycles. The van der Waals surface area contributed by atoms with Crippen molar-refractivity contribution in [1.82, 2.24) is 10.2 Å². The topological polar surface area (TPSA) is 66.3 Å². The van der Waals surface area contributed by atoms with E-state index in [0.29, 0.717) is 25.8 Å². The average Bonchev–Trinajstić information content (AvgIpc) is 3.45. The van der Waals surface area contributed by atoms with Crippen molar-refractivity contribution in [3.05, 3.63) is 29.8 Å². The van der Waals surface area contributed by atoms with Crippen LogP contribution in [0, 0.1) is 12.3 Å². The fourth-order valence-corrected chi connectivity index (χ4v) is 3.27. The molecule has 0 bridgehead atoms. The van der Waals surface area contributed by atoms with E-state index in [4.69, 9.17) is 11.2 Å². The Balaban J connectivity index is 1.56. The number of methoxy groups -OCH3 is 1. The minimum atomic E-state index is -0.391. The van der Waals surface area contributed by atoms with Crippen molar-refractivity contribution in [1.29, 1.82) is 0 Å². The Morgan fingerprint density at radius 1 is 1.44 bits per heavy atom. The third kappa shape index (κ3) is 4.18. The average molecular weight is 340 g/mol. The van der Waals surface area contributed by atoms with E-state index in [1.165, 1.54) is 0 Å². The number of amides is 1. The Morgan fingerprint density at radius 3 is 2.96 bits per heavy atom. The van der Waals surface area contributed by atoms with Gasteiger partial charge in [0.25, 0.3) is 0 Å². The molecule has 1 unspecified atom stereocenters. The van der Waals surface area contributed by atoms with Gasteiger partial charge in [-0.15, -0.1) is 12.3 Å². The maximum Gasteiger partial charge on any atom is 0.222 e. The lowest BCUT2D eigenvalue weighted by Gasteiger charge is -2.34. The molecule has 2 aliphatic rings. The van der Waals surface area contributed by atoms with Crippen LogP contribution in [-0.4, -0.2) is 43.2 Å². The second-order valence-corrected chi connectivity index (χ2v) is 6.47. The van der Waals surface area contributed by atoms with Crippen molar-refractivity contribution < 1.29 is 9.53 Å². The van der Waals surface area contributed by atoms with Crippen molar-refractivity contribution >= 4 is 5.91 Å². The van der Waals surface area contributed by atoms with E-state index < -0.39 is 5.66 Å². The number of nitrogens with one attached hydrogen (secondary N) is 1. The number of para-hydroxylation sites is 1. The SMILES string of the molecule is C#CCCC1(CCC(=O)N2CCNC(c3ccccc3OC)C2)N=N1. The molecule has 1 fully saturated rings. The molecule has 6 nitrogen and oxygen atoms in total. The molecule has 132 valence electrons. The van der Waals surface area contributed by atoms with Crippen molar-refractivity contribution in [2.45, 2.75) is 37.4 Å². The van der Waals surface area contributed by atoms with Gasteiger partial charge < -0.3 is 15.0 Å². The van der Waals surface area contributed by atoms with Gasteiger partial charge in [0.2, 0.25) is 5.91 Å². The van der Waals surface area contributed by atoms with Crippen LogP contribution >= 0.6 is 0 Å². The molecule has 0 aliphatic carbocycles. The maximum absolute atomic E-state index is 12.6. The van der Waals surface area contributed by atoms with Gasteiger partial charge in [-0.25, -0.2) is 0 Å². The van der Waals surface area contributed by atoms with Crippen LogP contribution in [0.2, 0.25) is 0 Å². The molecule has 1 saturated heterocycles. The Hall–Kier alpha value is -2.39. The molecule has 1 N–H and O–H groups in total. The normalized spacial score (nSPS) is 20.8. The molecule has 25 heavy (non-hydrogen) atoms. The van der Waals surface area contributed by atoms with E-state index in [1.807, 2.05) is 29.2 Å². The monoisotopic (exact) mass is 340 g/mol. The number of carbonyl (C=O) groups is 1. The van der Waals surface area contributed by atoms with Gasteiger partial charge in [-0.05, 0) is 6.07 Å². The van der Waals surface area contributed by atoms with Crippen LogP contribution in [0.4, 0.5) is 0 Å². The van der Waals surface area contributed by atoms with Crippen LogP contribution in [0.3, 0.4) is 0 Å². The number of rotatable bonds is 7. The molecule has 1 amide bonds. The number of benzene rings is 1. The third-order valence-corrected chi connectivity index (χ3v) is 4.83. The smallest absolute Gasteiger partial charge is 0.222 e. The summed E-state index contributed by atoms with van der Waals surface area (Å²) >= 11 is 0. The van der Waals surface area contributed by atoms with E-state index >= 15 is 0 Å². The zero-order chi connectivity index (χ0) is 17.7. The van der Waals surface area contributed by atoms with E-state index in [-0.39, 0.29) is 11.9 Å². The van der Waals surface area contributed by atoms with Crippen LogP contribution in [-0.2, 0) is 4.79 Å². The fourth-order valence-electron chi connectivity index (χ4n) is 3.27. The Bertz CT molecular complexity index is 689. The van der Waals surface area contributed by atoms with E-state index in [1.54, 1.807) is 7.11 Å². The van der Waals surface area contributed by atoms with Gasteiger partial charge in [-0.1, -0.05) is 18.2 Å². The molecule has 6 heteroatoms. The van der Waals surface area contributed by atoms with Gasteiger partial charge >= 0.3 is 0 Å². The van der Waals surface area contributed by atoms with Gasteiger partial charge in [0.15, 0.2) is 5.66 Å². The Morgan fingerprint density at radius 2 is 2.24 bits per heavy atom. The number of hydrogen-bond acceptors (Lipinski definition) is 5. The van der Waals surface area contributed by atoms with Gasteiger partial charge in [0.1, 0.15) is 5.75 Å². The molecule has 0 radical (unpaired) electrons. The quantitative estimate of drug-likeness (QED) is 0.776. The first-order chi connectivity index (χ1) is 12.2. The highest BCUT2D eigenvalue weighted by atomic mass is 16.5. The summed E-state index contributed by atoms with van der Waals surface area (Å²) in [5.41, 5.74) is 0.693. The lowest BCUT2D eigenvalue weighted by atomic mass is 10.0. The summed E-state index contributed by atoms with van der Waals surface area (Å²) < 4.78 is 5.45. The summed E-state index contributed by atoms with van der Waals surface area (Å²) in [6, 6.07) is 8.02. The molecule has 1 atom stereocenters. The van der Waals surface area contributed by atoms with E-state index in [0.717, 1.165) is 30.8 Å². The highest BCUT2D eigenvalue weighted by molar-refractivity contribution is 5.76.